The Balaban J connectivity index is 2.42. The number of ether oxygens (including phenoxy) is 1. The number of halogens is 1. The predicted molar refractivity (Wildman–Crippen MR) is 62.6 cm³/mol. The van der Waals surface area contributed by atoms with Gasteiger partial charge in [-0.1, -0.05) is 30.7 Å². The number of aliphatic imine (C=N–C) groups is 1. The van der Waals surface area contributed by atoms with Crippen molar-refractivity contribution < 1.29 is 9.53 Å². The first-order valence-electron chi connectivity index (χ1n) is 5.13. The quantitative estimate of drug-likeness (QED) is 0.742. The maximum atomic E-state index is 11.8. The Morgan fingerprint density at radius 3 is 2.50 bits per heavy atom. The molecule has 1 heterocycles. The zero-order valence-electron chi connectivity index (χ0n) is 9.16. The predicted octanol–water partition coefficient (Wildman–Crippen LogP) is 2.92. The largest absolute Gasteiger partial charge is 0.410 e. The standard InChI is InChI=1S/C12H12ClNO2/c1-3-10-14-12(2,11(15)16-10)8-4-6-9(13)7-5-8/h4-7H,3H2,1-2H3. The number of carbonyl (C=O) groups excluding carboxylic acids is 1. The Kier molecular flexibility index (Phi) is 2.72. The van der Waals surface area contributed by atoms with Gasteiger partial charge in [-0.3, -0.25) is 0 Å². The number of carbonyl (C=O) groups is 1. The minimum absolute atomic E-state index is 0.327. The van der Waals surface area contributed by atoms with Crippen molar-refractivity contribution in [3.63, 3.8) is 0 Å². The molecule has 0 N–H and O–H groups in total. The number of hydrogen-bond acceptors (Lipinski definition) is 3. The van der Waals surface area contributed by atoms with Crippen molar-refractivity contribution in [2.45, 2.75) is 25.8 Å². The third kappa shape index (κ3) is 1.71. The van der Waals surface area contributed by atoms with Crippen LogP contribution in [-0.4, -0.2) is 11.9 Å². The van der Waals surface area contributed by atoms with Crippen LogP contribution >= 0.6 is 11.6 Å². The van der Waals surface area contributed by atoms with E-state index in [-0.39, 0.29) is 5.97 Å². The van der Waals surface area contributed by atoms with Gasteiger partial charge in [-0.25, -0.2) is 9.79 Å². The van der Waals surface area contributed by atoms with Crippen LogP contribution in [0.25, 0.3) is 0 Å². The Morgan fingerprint density at radius 1 is 1.38 bits per heavy atom. The molecule has 0 bridgehead atoms. The molecule has 0 amide bonds. The van der Waals surface area contributed by atoms with Crippen LogP contribution in [0.15, 0.2) is 29.3 Å². The molecule has 0 fully saturated rings. The van der Waals surface area contributed by atoms with E-state index in [4.69, 9.17) is 16.3 Å². The van der Waals surface area contributed by atoms with Crippen LogP contribution in [0.3, 0.4) is 0 Å². The van der Waals surface area contributed by atoms with Crippen molar-refractivity contribution in [2.24, 2.45) is 4.99 Å². The highest BCUT2D eigenvalue weighted by Crippen LogP contribution is 2.32. The minimum atomic E-state index is -0.921. The highest BCUT2D eigenvalue weighted by molar-refractivity contribution is 6.30. The van der Waals surface area contributed by atoms with Crippen LogP contribution in [0.4, 0.5) is 0 Å². The molecule has 3 nitrogen and oxygen atoms in total. The molecule has 4 heteroatoms. The van der Waals surface area contributed by atoms with Gasteiger partial charge in [0, 0.05) is 11.4 Å². The maximum absolute atomic E-state index is 11.8. The average Bonchev–Trinajstić information content (AvgIpc) is 2.57. The van der Waals surface area contributed by atoms with Gasteiger partial charge in [0.15, 0.2) is 11.4 Å². The first-order chi connectivity index (χ1) is 7.56. The van der Waals surface area contributed by atoms with Crippen LogP contribution < -0.4 is 0 Å². The van der Waals surface area contributed by atoms with Gasteiger partial charge >= 0.3 is 5.97 Å². The van der Waals surface area contributed by atoms with Crippen LogP contribution in [0, 0.1) is 0 Å². The molecule has 0 saturated carbocycles. The second-order valence-corrected chi connectivity index (χ2v) is 4.26. The van der Waals surface area contributed by atoms with Gasteiger partial charge in [-0.15, -0.1) is 0 Å². The van der Waals surface area contributed by atoms with Crippen LogP contribution in [-0.2, 0) is 15.1 Å². The van der Waals surface area contributed by atoms with Gasteiger partial charge in [0.2, 0.25) is 0 Å². The normalized spacial score (nSPS) is 24.2. The molecule has 0 radical (unpaired) electrons. The zero-order valence-corrected chi connectivity index (χ0v) is 9.91. The second-order valence-electron chi connectivity index (χ2n) is 3.83. The molecule has 0 aliphatic carbocycles. The summed E-state index contributed by atoms with van der Waals surface area (Å²) in [5.41, 5.74) is -0.124. The smallest absolute Gasteiger partial charge is 0.344 e. The Labute approximate surface area is 99.1 Å². The van der Waals surface area contributed by atoms with Gasteiger partial charge in [0.05, 0.1) is 0 Å². The molecule has 1 aromatic rings. The topological polar surface area (TPSA) is 38.7 Å². The van der Waals surface area contributed by atoms with E-state index < -0.39 is 5.54 Å². The third-order valence-electron chi connectivity index (χ3n) is 2.67. The molecule has 84 valence electrons. The number of nitrogens with zero attached hydrogens (tertiary/aromatic N) is 1. The Bertz CT molecular complexity index is 453. The van der Waals surface area contributed by atoms with E-state index in [1.165, 1.54) is 0 Å². The van der Waals surface area contributed by atoms with Crippen molar-refractivity contribution in [1.29, 1.82) is 0 Å². The molecule has 1 aliphatic rings. The lowest BCUT2D eigenvalue weighted by Gasteiger charge is -2.16. The van der Waals surface area contributed by atoms with Gasteiger partial charge in [0.25, 0.3) is 0 Å². The summed E-state index contributed by atoms with van der Waals surface area (Å²) >= 11 is 5.80. The van der Waals surface area contributed by atoms with Crippen molar-refractivity contribution in [1.82, 2.24) is 0 Å². The number of esters is 1. The summed E-state index contributed by atoms with van der Waals surface area (Å²) in [7, 11) is 0. The average molecular weight is 238 g/mol. The van der Waals surface area contributed by atoms with E-state index in [2.05, 4.69) is 4.99 Å². The van der Waals surface area contributed by atoms with Crippen LogP contribution in [0.1, 0.15) is 25.8 Å². The lowest BCUT2D eigenvalue weighted by Crippen LogP contribution is -2.27. The van der Waals surface area contributed by atoms with Gasteiger partial charge < -0.3 is 4.74 Å². The van der Waals surface area contributed by atoms with Gasteiger partial charge in [-0.05, 0) is 24.6 Å². The number of hydrogen-bond donors (Lipinski definition) is 0. The molecule has 1 aliphatic heterocycles. The fourth-order valence-corrected chi connectivity index (χ4v) is 1.76. The fraction of sp³-hybridized carbons (Fsp3) is 0.333. The van der Waals surface area contributed by atoms with Crippen LogP contribution in [0.2, 0.25) is 5.02 Å². The molecule has 16 heavy (non-hydrogen) atoms. The number of cyclic esters (lactones) is 1. The first-order valence-corrected chi connectivity index (χ1v) is 5.51. The Morgan fingerprint density at radius 2 is 2.00 bits per heavy atom. The molecular weight excluding hydrogens is 226 g/mol. The van der Waals surface area contributed by atoms with E-state index in [1.54, 1.807) is 31.2 Å². The summed E-state index contributed by atoms with van der Waals surface area (Å²) in [6.45, 7) is 3.65. The van der Waals surface area contributed by atoms with E-state index in [0.29, 0.717) is 17.3 Å². The lowest BCUT2D eigenvalue weighted by molar-refractivity contribution is -0.138. The van der Waals surface area contributed by atoms with Gasteiger partial charge in [-0.2, -0.15) is 0 Å². The molecule has 1 unspecified atom stereocenters. The molecule has 1 atom stereocenters. The summed E-state index contributed by atoms with van der Waals surface area (Å²) < 4.78 is 5.09. The zero-order chi connectivity index (χ0) is 11.8. The molecule has 0 aromatic heterocycles. The van der Waals surface area contributed by atoms with Gasteiger partial charge in [0.1, 0.15) is 0 Å². The molecule has 2 rings (SSSR count). The summed E-state index contributed by atoms with van der Waals surface area (Å²) in [5, 5.41) is 0.637. The summed E-state index contributed by atoms with van der Waals surface area (Å²) in [5.74, 6) is 0.161. The van der Waals surface area contributed by atoms with Crippen molar-refractivity contribution in [3.05, 3.63) is 34.9 Å². The third-order valence-corrected chi connectivity index (χ3v) is 2.92. The molecule has 0 spiro atoms. The van der Waals surface area contributed by atoms with E-state index >= 15 is 0 Å². The molecular formula is C12H12ClNO2. The van der Waals surface area contributed by atoms with Crippen molar-refractivity contribution in [2.75, 3.05) is 0 Å². The first kappa shape index (κ1) is 11.1. The van der Waals surface area contributed by atoms with E-state index in [1.807, 2.05) is 6.92 Å². The van der Waals surface area contributed by atoms with E-state index in [9.17, 15) is 4.79 Å². The fourth-order valence-electron chi connectivity index (χ4n) is 1.63. The molecule has 1 aromatic carbocycles. The monoisotopic (exact) mass is 237 g/mol. The SMILES string of the molecule is CCC1=NC(C)(c2ccc(Cl)cc2)C(=O)O1. The summed E-state index contributed by atoms with van der Waals surface area (Å²) in [4.78, 5) is 16.1. The number of rotatable bonds is 2. The Hall–Kier alpha value is -1.35. The van der Waals surface area contributed by atoms with Crippen molar-refractivity contribution in [3.8, 4) is 0 Å². The lowest BCUT2D eigenvalue weighted by atomic mass is 9.93. The van der Waals surface area contributed by atoms with Crippen molar-refractivity contribution >= 4 is 23.5 Å². The summed E-state index contributed by atoms with van der Waals surface area (Å²) in [6.07, 6.45) is 0.620. The van der Waals surface area contributed by atoms with Crippen LogP contribution in [0.5, 0.6) is 0 Å². The summed E-state index contributed by atoms with van der Waals surface area (Å²) in [6, 6.07) is 7.08. The highest BCUT2D eigenvalue weighted by Gasteiger charge is 2.42. The maximum Gasteiger partial charge on any atom is 0.344 e. The minimum Gasteiger partial charge on any atom is -0.410 e. The second kappa shape index (κ2) is 3.91. The highest BCUT2D eigenvalue weighted by atomic mass is 35.5. The molecule has 0 saturated heterocycles. The van der Waals surface area contributed by atoms with E-state index in [0.717, 1.165) is 5.56 Å². The number of benzene rings is 1.